The molecule has 0 aliphatic carbocycles. The van der Waals surface area contributed by atoms with Crippen LogP contribution in [0.3, 0.4) is 0 Å². The molecule has 5 heteroatoms. The van der Waals surface area contributed by atoms with Gasteiger partial charge < -0.3 is 15.3 Å². The van der Waals surface area contributed by atoms with Gasteiger partial charge in [-0.2, -0.15) is 0 Å². The molecule has 2 N–H and O–H groups in total. The summed E-state index contributed by atoms with van der Waals surface area (Å²) in [6.45, 7) is 2.69. The largest absolute Gasteiger partial charge is 0.478 e. The van der Waals surface area contributed by atoms with Crippen molar-refractivity contribution in [1.29, 1.82) is 0 Å². The SMILES string of the molecule is O=C(O)c1ccc(CNC2CCCN(c3ccccc3Cl)C2)cc1. The maximum Gasteiger partial charge on any atom is 0.335 e. The average Bonchev–Trinajstić information content (AvgIpc) is 2.61. The number of carbonyl (C=O) groups is 1. The van der Waals surface area contributed by atoms with E-state index >= 15 is 0 Å². The number of para-hydroxylation sites is 1. The van der Waals surface area contributed by atoms with Crippen molar-refractivity contribution in [2.45, 2.75) is 25.4 Å². The molecule has 2 aromatic rings. The van der Waals surface area contributed by atoms with Gasteiger partial charge in [0.05, 0.1) is 16.3 Å². The topological polar surface area (TPSA) is 52.6 Å². The number of carboxylic acids is 1. The van der Waals surface area contributed by atoms with Crippen LogP contribution in [0.2, 0.25) is 5.02 Å². The summed E-state index contributed by atoms with van der Waals surface area (Å²) in [6.07, 6.45) is 2.26. The van der Waals surface area contributed by atoms with Gasteiger partial charge in [-0.15, -0.1) is 0 Å². The molecule has 0 bridgehead atoms. The monoisotopic (exact) mass is 344 g/mol. The predicted molar refractivity (Wildman–Crippen MR) is 96.9 cm³/mol. The first-order chi connectivity index (χ1) is 11.6. The van der Waals surface area contributed by atoms with E-state index < -0.39 is 5.97 Å². The number of benzene rings is 2. The molecular weight excluding hydrogens is 324 g/mol. The van der Waals surface area contributed by atoms with E-state index in [2.05, 4.69) is 16.3 Å². The summed E-state index contributed by atoms with van der Waals surface area (Å²) in [5.41, 5.74) is 2.51. The smallest absolute Gasteiger partial charge is 0.335 e. The summed E-state index contributed by atoms with van der Waals surface area (Å²) >= 11 is 6.31. The van der Waals surface area contributed by atoms with Crippen molar-refractivity contribution in [3.63, 3.8) is 0 Å². The molecule has 3 rings (SSSR count). The lowest BCUT2D eigenvalue weighted by molar-refractivity contribution is 0.0697. The summed E-state index contributed by atoms with van der Waals surface area (Å²) in [5.74, 6) is -0.892. The van der Waals surface area contributed by atoms with Crippen LogP contribution in [0.5, 0.6) is 0 Å². The number of anilines is 1. The molecule has 4 nitrogen and oxygen atoms in total. The molecule has 1 aliphatic heterocycles. The van der Waals surface area contributed by atoms with Gasteiger partial charge in [0.2, 0.25) is 0 Å². The summed E-state index contributed by atoms with van der Waals surface area (Å²) in [7, 11) is 0. The van der Waals surface area contributed by atoms with Crippen LogP contribution in [0.15, 0.2) is 48.5 Å². The molecule has 0 saturated carbocycles. The number of hydrogen-bond donors (Lipinski definition) is 2. The van der Waals surface area contributed by atoms with Gasteiger partial charge in [-0.3, -0.25) is 0 Å². The maximum absolute atomic E-state index is 10.9. The maximum atomic E-state index is 10.9. The van der Waals surface area contributed by atoms with Gasteiger partial charge >= 0.3 is 5.97 Å². The molecule has 1 atom stereocenters. The van der Waals surface area contributed by atoms with Crippen molar-refractivity contribution < 1.29 is 9.90 Å². The number of halogens is 1. The van der Waals surface area contributed by atoms with Crippen LogP contribution in [-0.2, 0) is 6.54 Å². The Labute approximate surface area is 147 Å². The third-order valence-electron chi connectivity index (χ3n) is 4.41. The zero-order chi connectivity index (χ0) is 16.9. The normalized spacial score (nSPS) is 17.7. The number of carboxylic acid groups (broad SMARTS) is 1. The Bertz CT molecular complexity index is 703. The molecule has 2 aromatic carbocycles. The molecular formula is C19H21ClN2O2. The van der Waals surface area contributed by atoms with Crippen molar-refractivity contribution in [1.82, 2.24) is 5.32 Å². The average molecular weight is 345 g/mol. The fraction of sp³-hybridized carbons (Fsp3) is 0.316. The Morgan fingerprint density at radius 1 is 1.21 bits per heavy atom. The molecule has 0 amide bonds. The second-order valence-electron chi connectivity index (χ2n) is 6.12. The van der Waals surface area contributed by atoms with E-state index in [9.17, 15) is 4.79 Å². The number of nitrogens with one attached hydrogen (secondary N) is 1. The van der Waals surface area contributed by atoms with Crippen LogP contribution in [0.4, 0.5) is 5.69 Å². The second kappa shape index (κ2) is 7.69. The van der Waals surface area contributed by atoms with Gasteiger partial charge in [0.1, 0.15) is 0 Å². The minimum absolute atomic E-state index is 0.321. The lowest BCUT2D eigenvalue weighted by Gasteiger charge is -2.35. The zero-order valence-electron chi connectivity index (χ0n) is 13.4. The van der Waals surface area contributed by atoms with Crippen molar-refractivity contribution in [2.24, 2.45) is 0 Å². The van der Waals surface area contributed by atoms with Crippen molar-refractivity contribution in [3.8, 4) is 0 Å². The van der Waals surface area contributed by atoms with E-state index in [0.717, 1.165) is 48.7 Å². The van der Waals surface area contributed by atoms with E-state index in [-0.39, 0.29) is 0 Å². The highest BCUT2D eigenvalue weighted by Crippen LogP contribution is 2.27. The van der Waals surface area contributed by atoms with Crippen LogP contribution in [0, 0.1) is 0 Å². The first-order valence-electron chi connectivity index (χ1n) is 8.18. The summed E-state index contributed by atoms with van der Waals surface area (Å²) in [5, 5.41) is 13.3. The van der Waals surface area contributed by atoms with E-state index in [1.165, 1.54) is 0 Å². The Balaban J connectivity index is 1.57. The molecule has 1 aliphatic rings. The van der Waals surface area contributed by atoms with Crippen LogP contribution in [0.1, 0.15) is 28.8 Å². The Morgan fingerprint density at radius 2 is 1.96 bits per heavy atom. The minimum atomic E-state index is -0.892. The standard InChI is InChI=1S/C19H21ClN2O2/c20-17-5-1-2-6-18(17)22-11-3-4-16(13-22)21-12-14-7-9-15(10-8-14)19(23)24/h1-2,5-10,16,21H,3-4,11-13H2,(H,23,24). The van der Waals surface area contributed by atoms with Gasteiger partial charge in [-0.1, -0.05) is 35.9 Å². The number of hydrogen-bond acceptors (Lipinski definition) is 3. The zero-order valence-corrected chi connectivity index (χ0v) is 14.2. The van der Waals surface area contributed by atoms with Gasteiger partial charge in [0.25, 0.3) is 0 Å². The first kappa shape index (κ1) is 16.8. The van der Waals surface area contributed by atoms with Gasteiger partial charge in [0.15, 0.2) is 0 Å². The molecule has 1 unspecified atom stereocenters. The summed E-state index contributed by atoms with van der Waals surface area (Å²) in [6, 6.07) is 15.4. The quantitative estimate of drug-likeness (QED) is 0.866. The third-order valence-corrected chi connectivity index (χ3v) is 4.73. The third kappa shape index (κ3) is 4.08. The summed E-state index contributed by atoms with van der Waals surface area (Å²) < 4.78 is 0. The molecule has 1 fully saturated rings. The molecule has 1 heterocycles. The first-order valence-corrected chi connectivity index (χ1v) is 8.56. The van der Waals surface area contributed by atoms with E-state index in [1.807, 2.05) is 30.3 Å². The van der Waals surface area contributed by atoms with E-state index in [1.54, 1.807) is 12.1 Å². The van der Waals surface area contributed by atoms with Gasteiger partial charge in [-0.25, -0.2) is 4.79 Å². The number of rotatable bonds is 5. The Kier molecular flexibility index (Phi) is 5.38. The fourth-order valence-corrected chi connectivity index (χ4v) is 3.35. The minimum Gasteiger partial charge on any atom is -0.478 e. The van der Waals surface area contributed by atoms with Crippen molar-refractivity contribution in [2.75, 3.05) is 18.0 Å². The second-order valence-corrected chi connectivity index (χ2v) is 6.53. The molecule has 126 valence electrons. The van der Waals surface area contributed by atoms with Gasteiger partial charge in [-0.05, 0) is 42.7 Å². The molecule has 24 heavy (non-hydrogen) atoms. The van der Waals surface area contributed by atoms with E-state index in [4.69, 9.17) is 16.7 Å². The van der Waals surface area contributed by atoms with Crippen molar-refractivity contribution in [3.05, 3.63) is 64.7 Å². The number of aromatic carboxylic acids is 1. The lowest BCUT2D eigenvalue weighted by Crippen LogP contribution is -2.45. The Morgan fingerprint density at radius 3 is 2.67 bits per heavy atom. The van der Waals surface area contributed by atoms with Crippen molar-refractivity contribution >= 4 is 23.3 Å². The highest BCUT2D eigenvalue weighted by atomic mass is 35.5. The molecule has 0 radical (unpaired) electrons. The highest BCUT2D eigenvalue weighted by Gasteiger charge is 2.21. The number of piperidine rings is 1. The van der Waals surface area contributed by atoms with Crippen LogP contribution < -0.4 is 10.2 Å². The Hall–Kier alpha value is -2.04. The molecule has 1 saturated heterocycles. The molecule has 0 aromatic heterocycles. The van der Waals surface area contributed by atoms with Crippen LogP contribution >= 0.6 is 11.6 Å². The summed E-state index contributed by atoms with van der Waals surface area (Å²) in [4.78, 5) is 13.2. The number of nitrogens with zero attached hydrogens (tertiary/aromatic N) is 1. The highest BCUT2D eigenvalue weighted by molar-refractivity contribution is 6.33. The van der Waals surface area contributed by atoms with Crippen LogP contribution in [0.25, 0.3) is 0 Å². The lowest BCUT2D eigenvalue weighted by atomic mass is 10.0. The van der Waals surface area contributed by atoms with E-state index in [0.29, 0.717) is 11.6 Å². The fourth-order valence-electron chi connectivity index (χ4n) is 3.10. The van der Waals surface area contributed by atoms with Gasteiger partial charge in [0, 0.05) is 25.7 Å². The predicted octanol–water partition coefficient (Wildman–Crippen LogP) is 3.80. The van der Waals surface area contributed by atoms with Crippen LogP contribution in [-0.4, -0.2) is 30.2 Å². The molecule has 0 spiro atoms.